The van der Waals surface area contributed by atoms with E-state index in [1.807, 2.05) is 0 Å². The number of aliphatic carboxylic acids is 1. The summed E-state index contributed by atoms with van der Waals surface area (Å²) >= 11 is 11.0. The lowest BCUT2D eigenvalue weighted by Gasteiger charge is -2.49. The zero-order valence-electron chi connectivity index (χ0n) is 20.9. The lowest BCUT2D eigenvalue weighted by molar-refractivity contribution is -0.150. The number of fused-ring (bicyclic) bond motifs is 1. The van der Waals surface area contributed by atoms with Gasteiger partial charge in [0.1, 0.15) is 27.1 Å². The molecule has 0 radical (unpaired) electrons. The number of halogens is 1. The smallest absolute Gasteiger partial charge is 0.353 e. The molecule has 0 aliphatic carbocycles. The molecule has 14 nitrogen and oxygen atoms in total. The molecule has 1 saturated heterocycles. The van der Waals surface area contributed by atoms with Crippen LogP contribution in [0.25, 0.3) is 0 Å². The molecule has 218 valence electrons. The highest BCUT2D eigenvalue weighted by Gasteiger charge is 2.54. The van der Waals surface area contributed by atoms with Crippen molar-refractivity contribution in [1.82, 2.24) is 25.5 Å². The largest absolute Gasteiger partial charge is 0.477 e. The second kappa shape index (κ2) is 13.8. The molecule has 2 aliphatic heterocycles. The Labute approximate surface area is 254 Å². The number of nitrogens with two attached hydrogens (primary N) is 2. The molecule has 8 N–H and O–H groups in total. The maximum Gasteiger partial charge on any atom is 0.353 e. The van der Waals surface area contributed by atoms with Gasteiger partial charge in [-0.1, -0.05) is 39.9 Å². The molecule has 4 rings (SSSR count). The number of amides is 3. The fourth-order valence-corrected chi connectivity index (χ4v) is 8.24. The zero-order chi connectivity index (χ0) is 29.7. The molecular weight excluding hydrogens is 636 g/mol. The van der Waals surface area contributed by atoms with Crippen molar-refractivity contribution in [2.45, 2.75) is 22.1 Å². The number of thioether (sulfide) groups is 3. The van der Waals surface area contributed by atoms with E-state index in [1.54, 1.807) is 30.2 Å². The van der Waals surface area contributed by atoms with Crippen LogP contribution in [0.5, 0.6) is 0 Å². The van der Waals surface area contributed by atoms with Gasteiger partial charge >= 0.3 is 5.97 Å². The minimum atomic E-state index is -1.28. The predicted molar refractivity (Wildman–Crippen MR) is 158 cm³/mol. The molecule has 0 aromatic carbocycles. The van der Waals surface area contributed by atoms with Gasteiger partial charge in [0.25, 0.3) is 11.8 Å². The molecule has 0 bridgehead atoms. The van der Waals surface area contributed by atoms with Crippen molar-refractivity contribution < 1.29 is 29.5 Å². The van der Waals surface area contributed by atoms with E-state index in [2.05, 4.69) is 25.8 Å². The van der Waals surface area contributed by atoms with E-state index in [0.29, 0.717) is 23.0 Å². The van der Waals surface area contributed by atoms with Gasteiger partial charge in [-0.05, 0) is 11.6 Å². The van der Waals surface area contributed by atoms with Gasteiger partial charge in [-0.2, -0.15) is 11.8 Å². The Morgan fingerprint density at radius 1 is 1.34 bits per heavy atom. The van der Waals surface area contributed by atoms with Crippen LogP contribution >= 0.6 is 58.2 Å². The van der Waals surface area contributed by atoms with Crippen molar-refractivity contribution in [1.29, 1.82) is 0 Å². The van der Waals surface area contributed by atoms with Crippen LogP contribution in [0.2, 0.25) is 4.34 Å². The van der Waals surface area contributed by atoms with Gasteiger partial charge in [0, 0.05) is 46.0 Å². The molecule has 2 atom stereocenters. The number of nitrogen functional groups attached to an aromatic ring is 1. The molecule has 1 fully saturated rings. The molecule has 2 aliphatic rings. The van der Waals surface area contributed by atoms with E-state index in [-0.39, 0.29) is 39.1 Å². The van der Waals surface area contributed by atoms with E-state index in [4.69, 9.17) is 23.1 Å². The summed E-state index contributed by atoms with van der Waals surface area (Å²) in [6.45, 7) is 0.386. The molecule has 0 spiro atoms. The number of carbonyl (C=O) groups is 4. The average Bonchev–Trinajstić information content (AvgIpc) is 3.29. The summed E-state index contributed by atoms with van der Waals surface area (Å²) in [6.07, 6.45) is 3.29. The number of rotatable bonds is 12. The number of aromatic nitrogens is 2. The molecule has 4 heterocycles. The Balaban J connectivity index is 1.45. The van der Waals surface area contributed by atoms with Crippen molar-refractivity contribution in [2.24, 2.45) is 10.9 Å². The van der Waals surface area contributed by atoms with E-state index >= 15 is 0 Å². The molecule has 0 unspecified atom stereocenters. The normalized spacial score (nSPS) is 18.5. The van der Waals surface area contributed by atoms with Crippen LogP contribution in [0.1, 0.15) is 11.3 Å². The van der Waals surface area contributed by atoms with Crippen molar-refractivity contribution >= 4 is 92.8 Å². The molecule has 2 aromatic heterocycles. The third-order valence-electron chi connectivity index (χ3n) is 5.67. The number of hydrogen-bond acceptors (Lipinski definition) is 14. The van der Waals surface area contributed by atoms with E-state index in [9.17, 15) is 29.5 Å². The van der Waals surface area contributed by atoms with Gasteiger partial charge in [-0.15, -0.1) is 11.8 Å². The minimum Gasteiger partial charge on any atom is -0.477 e. The first kappa shape index (κ1) is 30.9. The standard InChI is InChI=1S/C22H23ClN8O6S4/c23-17-13(29-22(25)41-17)14(30-37)18(33)28-15-19(34)31-16(21(35)36)11(8-39-20(15)31)40-10-1-2-26-6-9(10)7-38-4-3-27-12(32)5-24/h1-2,6,15,20,37H,3-5,7-8,24H2,(H2,25,29)(H,27,32)(H,28,33)(H,35,36)/b30-14-/t15-,20+/m1/s1. The minimum absolute atomic E-state index is 0.0315. The number of thiazole rings is 1. The van der Waals surface area contributed by atoms with Gasteiger partial charge in [-0.25, -0.2) is 9.78 Å². The number of carbonyl (C=O) groups excluding carboxylic acids is 3. The first-order valence-electron chi connectivity index (χ1n) is 11.7. The van der Waals surface area contributed by atoms with Crippen LogP contribution in [0.15, 0.2) is 39.1 Å². The van der Waals surface area contributed by atoms with E-state index in [0.717, 1.165) is 26.7 Å². The number of carboxylic acid groups (broad SMARTS) is 1. The van der Waals surface area contributed by atoms with Gasteiger partial charge in [-0.3, -0.25) is 24.3 Å². The van der Waals surface area contributed by atoms with Gasteiger partial charge in [0.05, 0.1) is 6.54 Å². The average molecular weight is 659 g/mol. The Bertz CT molecular complexity index is 1440. The molecule has 19 heteroatoms. The van der Waals surface area contributed by atoms with E-state index in [1.165, 1.54) is 23.5 Å². The summed E-state index contributed by atoms with van der Waals surface area (Å²) in [6, 6.07) is 0.708. The Morgan fingerprint density at radius 3 is 2.78 bits per heavy atom. The number of anilines is 1. The number of carboxylic acids is 1. The summed E-state index contributed by atoms with van der Waals surface area (Å²) in [5.41, 5.74) is 10.9. The van der Waals surface area contributed by atoms with Crippen molar-refractivity contribution in [3.63, 3.8) is 0 Å². The highest BCUT2D eigenvalue weighted by molar-refractivity contribution is 8.06. The van der Waals surface area contributed by atoms with Gasteiger partial charge in [0.15, 0.2) is 10.8 Å². The lowest BCUT2D eigenvalue weighted by atomic mass is 10.0. The summed E-state index contributed by atoms with van der Waals surface area (Å²) in [5.74, 6) is -1.58. The second-order valence-electron chi connectivity index (χ2n) is 8.25. The highest BCUT2D eigenvalue weighted by atomic mass is 35.5. The number of oxime groups is 1. The van der Waals surface area contributed by atoms with Crippen molar-refractivity contribution in [3.05, 3.63) is 44.7 Å². The topological polar surface area (TPSA) is 226 Å². The van der Waals surface area contributed by atoms with Crippen LogP contribution in [-0.4, -0.2) is 90.6 Å². The van der Waals surface area contributed by atoms with Crippen molar-refractivity contribution in [3.8, 4) is 0 Å². The predicted octanol–water partition coefficient (Wildman–Crippen LogP) is 0.749. The van der Waals surface area contributed by atoms with Crippen LogP contribution < -0.4 is 22.1 Å². The summed E-state index contributed by atoms with van der Waals surface area (Å²) in [4.78, 5) is 59.9. The van der Waals surface area contributed by atoms with Crippen LogP contribution in [0.3, 0.4) is 0 Å². The third-order valence-corrected chi connectivity index (χ3v) is 10.4. The second-order valence-corrected chi connectivity index (χ2v) is 13.2. The molecule has 41 heavy (non-hydrogen) atoms. The van der Waals surface area contributed by atoms with Crippen LogP contribution in [-0.2, 0) is 24.9 Å². The number of hydrogen-bond donors (Lipinski definition) is 6. The monoisotopic (exact) mass is 658 g/mol. The maximum atomic E-state index is 13.1. The quantitative estimate of drug-likeness (QED) is 0.0609. The first-order chi connectivity index (χ1) is 19.7. The van der Waals surface area contributed by atoms with Gasteiger partial charge < -0.3 is 32.4 Å². The SMILES string of the molecule is NCC(=O)NCCSCc1cnccc1SC1=C(C(=O)O)N2C(=O)[C@@H](NC(=O)/C(=N\O)c3nc(N)sc3Cl)[C@@H]2SC1. The molecule has 0 saturated carbocycles. The summed E-state index contributed by atoms with van der Waals surface area (Å²) in [5, 5.41) is 26.9. The summed E-state index contributed by atoms with van der Waals surface area (Å²) < 4.78 is 0.0315. The molecule has 3 amide bonds. The Morgan fingerprint density at radius 2 is 2.12 bits per heavy atom. The number of nitrogens with zero attached hydrogens (tertiary/aromatic N) is 4. The number of β-lactam (4-membered cyclic amide) rings is 1. The lowest BCUT2D eigenvalue weighted by Crippen LogP contribution is -2.71. The van der Waals surface area contributed by atoms with Crippen LogP contribution in [0.4, 0.5) is 5.13 Å². The van der Waals surface area contributed by atoms with Gasteiger partial charge in [0.2, 0.25) is 5.91 Å². The third kappa shape index (κ3) is 6.90. The first-order valence-corrected chi connectivity index (χ1v) is 15.9. The number of pyridine rings is 1. The fourth-order valence-electron chi connectivity index (χ4n) is 3.81. The van der Waals surface area contributed by atoms with Crippen LogP contribution in [0, 0.1) is 0 Å². The molecule has 2 aromatic rings. The number of nitrogens with one attached hydrogen (secondary N) is 2. The fraction of sp³-hybridized carbons (Fsp3) is 0.318. The highest BCUT2D eigenvalue weighted by Crippen LogP contribution is 2.46. The zero-order valence-corrected chi connectivity index (χ0v) is 24.9. The Kier molecular flexibility index (Phi) is 10.4. The summed E-state index contributed by atoms with van der Waals surface area (Å²) in [7, 11) is 0. The van der Waals surface area contributed by atoms with Crippen molar-refractivity contribution in [2.75, 3.05) is 30.3 Å². The Hall–Kier alpha value is -3.03. The maximum absolute atomic E-state index is 13.1. The molecular formula is C22H23ClN8O6S4. The van der Waals surface area contributed by atoms with E-state index < -0.39 is 34.9 Å².